The van der Waals surface area contributed by atoms with Gasteiger partial charge in [-0.3, -0.25) is 9.59 Å². The van der Waals surface area contributed by atoms with E-state index in [0.29, 0.717) is 28.4 Å². The second kappa shape index (κ2) is 8.90. The molecule has 2 amide bonds. The van der Waals surface area contributed by atoms with Crippen LogP contribution in [0.2, 0.25) is 5.02 Å². The minimum Gasteiger partial charge on any atom is -0.508 e. The number of aromatic hydroxyl groups is 1. The van der Waals surface area contributed by atoms with Crippen LogP contribution in [0.25, 0.3) is 10.6 Å². The van der Waals surface area contributed by atoms with E-state index in [4.69, 9.17) is 11.6 Å². The fourth-order valence-corrected chi connectivity index (χ4v) is 5.47. The van der Waals surface area contributed by atoms with Gasteiger partial charge in [0.05, 0.1) is 17.8 Å². The Bertz CT molecular complexity index is 1390. The van der Waals surface area contributed by atoms with Crippen LogP contribution in [0.5, 0.6) is 5.75 Å². The van der Waals surface area contributed by atoms with Crippen LogP contribution in [0.3, 0.4) is 0 Å². The zero-order valence-electron chi connectivity index (χ0n) is 17.0. The van der Waals surface area contributed by atoms with Crippen LogP contribution >= 0.6 is 34.7 Å². The number of thiazole rings is 1. The standard InChI is InChI=1S/C24H16ClN3O3S2/c25-15-4-7-18-21(10-15)33-20-8-3-14(9-19(20)28-23(18)31)22(30)26-11-17-12-27-24(32-17)13-1-5-16(29)6-2-13/h1-10,12,29H,11H2,(H,26,30)(H,28,31). The van der Waals surface area contributed by atoms with Gasteiger partial charge >= 0.3 is 0 Å². The molecule has 0 fully saturated rings. The fraction of sp³-hybridized carbons (Fsp3) is 0.0417. The predicted octanol–water partition coefficient (Wildman–Crippen LogP) is 5.82. The summed E-state index contributed by atoms with van der Waals surface area (Å²) in [7, 11) is 0. The summed E-state index contributed by atoms with van der Waals surface area (Å²) in [5.41, 5.74) is 2.47. The van der Waals surface area contributed by atoms with Gasteiger partial charge in [-0.15, -0.1) is 11.3 Å². The maximum atomic E-state index is 12.8. The lowest BCUT2D eigenvalue weighted by Gasteiger charge is -2.09. The number of anilines is 1. The molecule has 0 saturated carbocycles. The Morgan fingerprint density at radius 1 is 1.06 bits per heavy atom. The molecular weight excluding hydrogens is 478 g/mol. The number of aromatic nitrogens is 1. The topological polar surface area (TPSA) is 91.3 Å². The summed E-state index contributed by atoms with van der Waals surface area (Å²) in [4.78, 5) is 32.3. The third-order valence-corrected chi connectivity index (χ3v) is 7.40. The molecule has 1 aliphatic rings. The number of phenols is 1. The van der Waals surface area contributed by atoms with E-state index in [2.05, 4.69) is 15.6 Å². The number of carbonyl (C=O) groups is 2. The van der Waals surface area contributed by atoms with Crippen LogP contribution < -0.4 is 10.6 Å². The van der Waals surface area contributed by atoms with Gasteiger partial charge in [-0.25, -0.2) is 4.98 Å². The third kappa shape index (κ3) is 4.59. The van der Waals surface area contributed by atoms with E-state index in [1.807, 2.05) is 6.07 Å². The van der Waals surface area contributed by atoms with E-state index in [0.717, 1.165) is 25.2 Å². The van der Waals surface area contributed by atoms with Gasteiger partial charge < -0.3 is 15.7 Å². The number of hydrogen-bond donors (Lipinski definition) is 3. The lowest BCUT2D eigenvalue weighted by atomic mass is 10.1. The number of nitrogens with one attached hydrogen (secondary N) is 2. The summed E-state index contributed by atoms with van der Waals surface area (Å²) in [5, 5.41) is 16.6. The van der Waals surface area contributed by atoms with E-state index in [-0.39, 0.29) is 17.6 Å². The monoisotopic (exact) mass is 493 g/mol. The van der Waals surface area contributed by atoms with Crippen LogP contribution in [0.4, 0.5) is 5.69 Å². The van der Waals surface area contributed by atoms with Crippen LogP contribution in [0.1, 0.15) is 25.6 Å². The summed E-state index contributed by atoms with van der Waals surface area (Å²) in [6.45, 7) is 0.330. The molecule has 0 bridgehead atoms. The predicted molar refractivity (Wildman–Crippen MR) is 130 cm³/mol. The molecule has 9 heteroatoms. The number of nitrogens with zero attached hydrogens (tertiary/aromatic N) is 1. The summed E-state index contributed by atoms with van der Waals surface area (Å²) in [5.74, 6) is -0.288. The van der Waals surface area contributed by atoms with E-state index in [9.17, 15) is 14.7 Å². The molecule has 0 aliphatic carbocycles. The third-order valence-electron chi connectivity index (χ3n) is 4.99. The summed E-state index contributed by atoms with van der Waals surface area (Å²) >= 11 is 8.99. The summed E-state index contributed by atoms with van der Waals surface area (Å²) in [6, 6.07) is 17.2. The highest BCUT2D eigenvalue weighted by Crippen LogP contribution is 2.40. The van der Waals surface area contributed by atoms with Gasteiger partial charge in [0, 0.05) is 37.0 Å². The number of carbonyl (C=O) groups excluding carboxylic acids is 2. The zero-order chi connectivity index (χ0) is 22.9. The van der Waals surface area contributed by atoms with Crippen molar-refractivity contribution in [2.24, 2.45) is 0 Å². The molecule has 1 aliphatic heterocycles. The molecule has 164 valence electrons. The zero-order valence-corrected chi connectivity index (χ0v) is 19.4. The molecule has 0 saturated heterocycles. The number of fused-ring (bicyclic) bond motifs is 2. The molecule has 0 spiro atoms. The first-order valence-electron chi connectivity index (χ1n) is 9.91. The number of halogens is 1. The van der Waals surface area contributed by atoms with Crippen molar-refractivity contribution in [3.8, 4) is 16.3 Å². The SMILES string of the molecule is O=C(NCc1cnc(-c2ccc(O)cc2)s1)c1ccc2c(c1)NC(=O)c1ccc(Cl)cc1S2. The molecule has 2 heterocycles. The van der Waals surface area contributed by atoms with Gasteiger partial charge in [-0.1, -0.05) is 23.4 Å². The highest BCUT2D eigenvalue weighted by molar-refractivity contribution is 7.99. The maximum absolute atomic E-state index is 12.8. The number of benzene rings is 3. The van der Waals surface area contributed by atoms with Gasteiger partial charge in [0.25, 0.3) is 11.8 Å². The van der Waals surface area contributed by atoms with Crippen molar-refractivity contribution in [1.29, 1.82) is 0 Å². The van der Waals surface area contributed by atoms with E-state index in [1.165, 1.54) is 23.1 Å². The molecular formula is C24H16ClN3O3S2. The molecule has 33 heavy (non-hydrogen) atoms. The molecule has 0 radical (unpaired) electrons. The smallest absolute Gasteiger partial charge is 0.256 e. The van der Waals surface area contributed by atoms with Crippen LogP contribution in [0.15, 0.2) is 76.7 Å². The normalized spacial score (nSPS) is 12.3. The van der Waals surface area contributed by atoms with Gasteiger partial charge in [0.15, 0.2) is 0 Å². The van der Waals surface area contributed by atoms with Crippen molar-refractivity contribution in [3.63, 3.8) is 0 Å². The first-order chi connectivity index (χ1) is 16.0. The Morgan fingerprint density at radius 3 is 2.70 bits per heavy atom. The highest BCUT2D eigenvalue weighted by atomic mass is 35.5. The molecule has 5 rings (SSSR count). The van der Waals surface area contributed by atoms with Gasteiger partial charge in [0.2, 0.25) is 0 Å². The number of phenolic OH excluding ortho intramolecular Hbond substituents is 1. The minimum absolute atomic E-state index is 0.200. The van der Waals surface area contributed by atoms with Crippen molar-refractivity contribution in [1.82, 2.24) is 10.3 Å². The maximum Gasteiger partial charge on any atom is 0.256 e. The van der Waals surface area contributed by atoms with Crippen molar-refractivity contribution in [3.05, 3.63) is 87.9 Å². The van der Waals surface area contributed by atoms with Gasteiger partial charge in [0.1, 0.15) is 10.8 Å². The van der Waals surface area contributed by atoms with E-state index in [1.54, 1.807) is 60.8 Å². The average molecular weight is 494 g/mol. The van der Waals surface area contributed by atoms with Gasteiger partial charge in [-0.2, -0.15) is 0 Å². The number of hydrogen-bond acceptors (Lipinski definition) is 6. The van der Waals surface area contributed by atoms with Crippen molar-refractivity contribution in [2.45, 2.75) is 16.3 Å². The first-order valence-corrected chi connectivity index (χ1v) is 11.9. The molecule has 0 atom stereocenters. The first kappa shape index (κ1) is 21.5. The van der Waals surface area contributed by atoms with Crippen molar-refractivity contribution >= 4 is 52.2 Å². The highest BCUT2D eigenvalue weighted by Gasteiger charge is 2.21. The molecule has 1 aromatic heterocycles. The molecule has 3 N–H and O–H groups in total. The fourth-order valence-electron chi connectivity index (χ4n) is 3.33. The van der Waals surface area contributed by atoms with Crippen LogP contribution in [-0.4, -0.2) is 21.9 Å². The Balaban J connectivity index is 1.29. The molecule has 0 unspecified atom stereocenters. The van der Waals surface area contributed by atoms with Crippen molar-refractivity contribution < 1.29 is 14.7 Å². The number of rotatable bonds is 4. The lowest BCUT2D eigenvalue weighted by Crippen LogP contribution is -2.22. The summed E-state index contributed by atoms with van der Waals surface area (Å²) < 4.78 is 0. The molecule has 6 nitrogen and oxygen atoms in total. The molecule has 3 aromatic carbocycles. The average Bonchev–Trinajstić information content (AvgIpc) is 3.23. The number of amides is 2. The van der Waals surface area contributed by atoms with Gasteiger partial charge in [-0.05, 0) is 60.7 Å². The lowest BCUT2D eigenvalue weighted by molar-refractivity contribution is 0.0949. The Kier molecular flexibility index (Phi) is 5.80. The second-order valence-corrected chi connectivity index (χ2v) is 9.90. The quantitative estimate of drug-likeness (QED) is 0.333. The second-order valence-electron chi connectivity index (χ2n) is 7.27. The van der Waals surface area contributed by atoms with Crippen molar-refractivity contribution in [2.75, 3.05) is 5.32 Å². The molecule has 4 aromatic rings. The Morgan fingerprint density at radius 2 is 1.88 bits per heavy atom. The van der Waals surface area contributed by atoms with E-state index >= 15 is 0 Å². The largest absolute Gasteiger partial charge is 0.508 e. The van der Waals surface area contributed by atoms with Crippen LogP contribution in [-0.2, 0) is 6.54 Å². The summed E-state index contributed by atoms with van der Waals surface area (Å²) in [6.07, 6.45) is 1.73. The van der Waals surface area contributed by atoms with E-state index < -0.39 is 0 Å². The Hall–Kier alpha value is -3.33. The minimum atomic E-state index is -0.249. The Labute approximate surface area is 202 Å². The van der Waals surface area contributed by atoms with Crippen LogP contribution in [0, 0.1) is 0 Å².